The van der Waals surface area contributed by atoms with Crippen molar-refractivity contribution in [2.24, 2.45) is 5.73 Å². The van der Waals surface area contributed by atoms with E-state index in [1.807, 2.05) is 19.1 Å². The van der Waals surface area contributed by atoms with E-state index in [2.05, 4.69) is 16.6 Å². The minimum Gasteiger partial charge on any atom is -0.320 e. The maximum atomic E-state index is 12.4. The van der Waals surface area contributed by atoms with Crippen molar-refractivity contribution in [1.29, 1.82) is 0 Å². The van der Waals surface area contributed by atoms with E-state index in [0.717, 1.165) is 43.2 Å². The number of nitrogens with one attached hydrogen (secondary N) is 1. The first-order chi connectivity index (χ1) is 10.0. The Hall–Kier alpha value is -1.51. The molecule has 0 heterocycles. The molecule has 0 radical (unpaired) electrons. The lowest BCUT2D eigenvalue weighted by Gasteiger charge is -2.23. The lowest BCUT2D eigenvalue weighted by atomic mass is 10.0. The van der Waals surface area contributed by atoms with Crippen LogP contribution in [0, 0.1) is 18.8 Å². The first-order valence-electron chi connectivity index (χ1n) is 7.34. The molecule has 1 fully saturated rings. The Labute approximate surface area is 127 Å². The molecule has 0 saturated heterocycles. The first kappa shape index (κ1) is 15.9. The molecule has 0 atom stereocenters. The maximum absolute atomic E-state index is 12.4. The Balaban J connectivity index is 2.15. The van der Waals surface area contributed by atoms with Crippen molar-refractivity contribution in [3.63, 3.8) is 0 Å². The summed E-state index contributed by atoms with van der Waals surface area (Å²) >= 11 is 0. The predicted molar refractivity (Wildman–Crippen MR) is 86.5 cm³/mol. The average molecular weight is 306 g/mol. The Morgan fingerprint density at radius 2 is 2.00 bits per heavy atom. The van der Waals surface area contributed by atoms with E-state index < -0.39 is 10.0 Å². The van der Waals surface area contributed by atoms with Crippen LogP contribution < -0.4 is 10.5 Å². The number of hydrogen-bond donors (Lipinski definition) is 2. The van der Waals surface area contributed by atoms with E-state index in [9.17, 15) is 8.42 Å². The molecule has 114 valence electrons. The van der Waals surface area contributed by atoms with E-state index in [-0.39, 0.29) is 5.25 Å². The van der Waals surface area contributed by atoms with Gasteiger partial charge in [0.15, 0.2) is 0 Å². The SMILES string of the molecule is Cc1cc(C#CCN)ccc1NS(=O)(=O)C1CCCCC1. The molecule has 0 aliphatic heterocycles. The van der Waals surface area contributed by atoms with E-state index in [0.29, 0.717) is 12.2 Å². The van der Waals surface area contributed by atoms with Gasteiger partial charge < -0.3 is 5.73 Å². The number of anilines is 1. The molecule has 1 aliphatic carbocycles. The van der Waals surface area contributed by atoms with E-state index in [4.69, 9.17) is 5.73 Å². The monoisotopic (exact) mass is 306 g/mol. The fourth-order valence-electron chi connectivity index (χ4n) is 2.62. The number of benzene rings is 1. The highest BCUT2D eigenvalue weighted by molar-refractivity contribution is 7.93. The van der Waals surface area contributed by atoms with Crippen LogP contribution in [0.1, 0.15) is 43.2 Å². The molecule has 0 spiro atoms. The van der Waals surface area contributed by atoms with Gasteiger partial charge in [0.1, 0.15) is 0 Å². The Bertz CT molecular complexity index is 651. The van der Waals surface area contributed by atoms with Crippen LogP contribution in [0.3, 0.4) is 0 Å². The molecule has 21 heavy (non-hydrogen) atoms. The zero-order valence-corrected chi connectivity index (χ0v) is 13.2. The number of nitrogens with two attached hydrogens (primary N) is 1. The van der Waals surface area contributed by atoms with E-state index >= 15 is 0 Å². The average Bonchev–Trinajstić information content (AvgIpc) is 2.48. The fourth-order valence-corrected chi connectivity index (χ4v) is 4.28. The van der Waals surface area contributed by atoms with Gasteiger partial charge in [0, 0.05) is 5.56 Å². The molecular formula is C16H22N2O2S. The normalized spacial score (nSPS) is 16.1. The van der Waals surface area contributed by atoms with Crippen molar-refractivity contribution in [2.45, 2.75) is 44.3 Å². The predicted octanol–water partition coefficient (Wildman–Crippen LogP) is 2.38. The summed E-state index contributed by atoms with van der Waals surface area (Å²) in [6.45, 7) is 2.20. The largest absolute Gasteiger partial charge is 0.320 e. The molecule has 1 aromatic rings. The molecule has 0 aromatic heterocycles. The summed E-state index contributed by atoms with van der Waals surface area (Å²) in [5, 5.41) is -0.262. The molecule has 0 amide bonds. The zero-order chi connectivity index (χ0) is 15.3. The summed E-state index contributed by atoms with van der Waals surface area (Å²) in [7, 11) is -3.29. The lowest BCUT2D eigenvalue weighted by Crippen LogP contribution is -2.29. The molecule has 0 bridgehead atoms. The van der Waals surface area contributed by atoms with Gasteiger partial charge in [-0.3, -0.25) is 4.72 Å². The molecule has 1 saturated carbocycles. The Kier molecular flexibility index (Phi) is 5.27. The highest BCUT2D eigenvalue weighted by Gasteiger charge is 2.27. The topological polar surface area (TPSA) is 72.2 Å². The second kappa shape index (κ2) is 6.97. The summed E-state index contributed by atoms with van der Waals surface area (Å²) in [6, 6.07) is 5.46. The van der Waals surface area contributed by atoms with Crippen LogP contribution >= 0.6 is 0 Å². The highest BCUT2D eigenvalue weighted by Crippen LogP contribution is 2.26. The van der Waals surface area contributed by atoms with Gasteiger partial charge >= 0.3 is 0 Å². The number of sulfonamides is 1. The Morgan fingerprint density at radius 1 is 1.29 bits per heavy atom. The standard InChI is InChI=1S/C16H22N2O2S/c1-13-12-14(6-5-11-17)9-10-16(13)18-21(19,20)15-7-3-2-4-8-15/h9-10,12,15,18H,2-4,7-8,11,17H2,1H3. The first-order valence-corrected chi connectivity index (χ1v) is 8.89. The fraction of sp³-hybridized carbons (Fsp3) is 0.500. The van der Waals surface area contributed by atoms with Crippen molar-refractivity contribution < 1.29 is 8.42 Å². The number of aryl methyl sites for hydroxylation is 1. The molecule has 0 unspecified atom stereocenters. The molecular weight excluding hydrogens is 284 g/mol. The van der Waals surface area contributed by atoms with Crippen molar-refractivity contribution in [2.75, 3.05) is 11.3 Å². The molecule has 1 aliphatic rings. The van der Waals surface area contributed by atoms with Gasteiger partial charge in [0.25, 0.3) is 0 Å². The Morgan fingerprint density at radius 3 is 2.62 bits per heavy atom. The molecule has 1 aromatic carbocycles. The summed E-state index contributed by atoms with van der Waals surface area (Å²) in [6.07, 6.45) is 4.65. The number of hydrogen-bond acceptors (Lipinski definition) is 3. The smallest absolute Gasteiger partial charge is 0.235 e. The van der Waals surface area contributed by atoms with E-state index in [1.54, 1.807) is 6.07 Å². The second-order valence-electron chi connectivity index (χ2n) is 5.44. The third-order valence-corrected chi connectivity index (χ3v) is 5.66. The van der Waals surface area contributed by atoms with E-state index in [1.165, 1.54) is 0 Å². The molecule has 3 N–H and O–H groups in total. The quantitative estimate of drug-likeness (QED) is 0.842. The minimum atomic E-state index is -3.29. The van der Waals surface area contributed by atoms with Gasteiger partial charge in [-0.25, -0.2) is 8.42 Å². The van der Waals surface area contributed by atoms with Gasteiger partial charge in [-0.2, -0.15) is 0 Å². The number of rotatable bonds is 3. The van der Waals surface area contributed by atoms with Crippen LogP contribution in [0.2, 0.25) is 0 Å². The molecule has 4 nitrogen and oxygen atoms in total. The summed E-state index contributed by atoms with van der Waals surface area (Å²) in [5.74, 6) is 5.74. The zero-order valence-electron chi connectivity index (χ0n) is 12.4. The third-order valence-electron chi connectivity index (χ3n) is 3.80. The van der Waals surface area contributed by atoms with Gasteiger partial charge in [0.2, 0.25) is 10.0 Å². The molecule has 2 rings (SSSR count). The van der Waals surface area contributed by atoms with Crippen LogP contribution in [-0.2, 0) is 10.0 Å². The van der Waals surface area contributed by atoms with Gasteiger partial charge in [-0.05, 0) is 43.5 Å². The summed E-state index contributed by atoms with van der Waals surface area (Å²) in [5.41, 5.74) is 7.70. The molecule has 5 heteroatoms. The summed E-state index contributed by atoms with van der Waals surface area (Å²) in [4.78, 5) is 0. The van der Waals surface area contributed by atoms with Crippen LogP contribution in [0.15, 0.2) is 18.2 Å². The van der Waals surface area contributed by atoms with Crippen molar-refractivity contribution in [3.05, 3.63) is 29.3 Å². The van der Waals surface area contributed by atoms with Crippen LogP contribution in [0.4, 0.5) is 5.69 Å². The van der Waals surface area contributed by atoms with Crippen LogP contribution in [0.25, 0.3) is 0 Å². The lowest BCUT2D eigenvalue weighted by molar-refractivity contribution is 0.486. The minimum absolute atomic E-state index is 0.262. The third kappa shape index (κ3) is 4.23. The van der Waals surface area contributed by atoms with Gasteiger partial charge in [0.05, 0.1) is 17.5 Å². The second-order valence-corrected chi connectivity index (χ2v) is 7.40. The van der Waals surface area contributed by atoms with Gasteiger partial charge in [-0.15, -0.1) is 0 Å². The maximum Gasteiger partial charge on any atom is 0.235 e. The van der Waals surface area contributed by atoms with Crippen LogP contribution in [-0.4, -0.2) is 20.2 Å². The van der Waals surface area contributed by atoms with Crippen molar-refractivity contribution in [1.82, 2.24) is 0 Å². The van der Waals surface area contributed by atoms with Crippen LogP contribution in [0.5, 0.6) is 0 Å². The summed E-state index contributed by atoms with van der Waals surface area (Å²) < 4.78 is 27.6. The van der Waals surface area contributed by atoms with Crippen molar-refractivity contribution in [3.8, 4) is 11.8 Å². The highest BCUT2D eigenvalue weighted by atomic mass is 32.2. The van der Waals surface area contributed by atoms with Crippen molar-refractivity contribution >= 4 is 15.7 Å². The van der Waals surface area contributed by atoms with Gasteiger partial charge in [-0.1, -0.05) is 31.1 Å².